The molecular formula is C13H14F3NO2. The van der Waals surface area contributed by atoms with E-state index in [0.29, 0.717) is 18.2 Å². The molecule has 0 unspecified atom stereocenters. The number of carboxylic acids is 1. The van der Waals surface area contributed by atoms with Crippen LogP contribution in [0, 0.1) is 5.92 Å². The molecule has 3 nitrogen and oxygen atoms in total. The lowest BCUT2D eigenvalue weighted by molar-refractivity contribution is -0.138. The van der Waals surface area contributed by atoms with Crippen LogP contribution in [-0.4, -0.2) is 17.6 Å². The Labute approximate surface area is 108 Å². The summed E-state index contributed by atoms with van der Waals surface area (Å²) in [6.07, 6.45) is -1.25. The van der Waals surface area contributed by atoms with E-state index in [1.165, 1.54) is 12.5 Å². The molecule has 19 heavy (non-hydrogen) atoms. The zero-order chi connectivity index (χ0) is 14.0. The minimum Gasteiger partial charge on any atom is -0.478 e. The van der Waals surface area contributed by atoms with Gasteiger partial charge in [0.2, 0.25) is 0 Å². The van der Waals surface area contributed by atoms with Crippen LogP contribution >= 0.6 is 0 Å². The SMILES string of the molecule is O=C(O)c1cc(NCC2CCC2)ccc1C(F)(F)F. The second-order valence-electron chi connectivity index (χ2n) is 4.74. The van der Waals surface area contributed by atoms with Crippen molar-refractivity contribution in [2.75, 3.05) is 11.9 Å². The van der Waals surface area contributed by atoms with Gasteiger partial charge >= 0.3 is 12.1 Å². The van der Waals surface area contributed by atoms with E-state index in [-0.39, 0.29) is 0 Å². The fourth-order valence-corrected chi connectivity index (χ4v) is 2.04. The molecule has 0 bridgehead atoms. The van der Waals surface area contributed by atoms with Gasteiger partial charge in [0, 0.05) is 12.2 Å². The molecule has 1 aromatic carbocycles. The van der Waals surface area contributed by atoms with Gasteiger partial charge in [-0.2, -0.15) is 13.2 Å². The van der Waals surface area contributed by atoms with Crippen LogP contribution in [0.5, 0.6) is 0 Å². The number of nitrogens with one attached hydrogen (secondary N) is 1. The summed E-state index contributed by atoms with van der Waals surface area (Å²) in [7, 11) is 0. The molecule has 2 rings (SSSR count). The molecule has 1 fully saturated rings. The lowest BCUT2D eigenvalue weighted by Gasteiger charge is -2.26. The molecule has 2 N–H and O–H groups in total. The van der Waals surface area contributed by atoms with Crippen molar-refractivity contribution in [3.05, 3.63) is 29.3 Å². The van der Waals surface area contributed by atoms with Gasteiger partial charge in [0.25, 0.3) is 0 Å². The van der Waals surface area contributed by atoms with Crippen LogP contribution in [0.2, 0.25) is 0 Å². The molecule has 0 radical (unpaired) electrons. The van der Waals surface area contributed by atoms with Crippen molar-refractivity contribution in [2.45, 2.75) is 25.4 Å². The Morgan fingerprint density at radius 1 is 1.37 bits per heavy atom. The van der Waals surface area contributed by atoms with Gasteiger partial charge in [-0.05, 0) is 37.0 Å². The summed E-state index contributed by atoms with van der Waals surface area (Å²) in [5.41, 5.74) is -1.42. The largest absolute Gasteiger partial charge is 0.478 e. The lowest BCUT2D eigenvalue weighted by atomic mass is 9.85. The summed E-state index contributed by atoms with van der Waals surface area (Å²) in [6.45, 7) is 0.671. The molecule has 0 atom stereocenters. The van der Waals surface area contributed by atoms with Crippen molar-refractivity contribution in [3.8, 4) is 0 Å². The van der Waals surface area contributed by atoms with E-state index in [9.17, 15) is 18.0 Å². The smallest absolute Gasteiger partial charge is 0.417 e. The highest BCUT2D eigenvalue weighted by molar-refractivity contribution is 5.91. The standard InChI is InChI=1S/C13H14F3NO2/c14-13(15,16)11-5-4-9(6-10(11)12(18)19)17-7-8-2-1-3-8/h4-6,8,17H,1-3,7H2,(H,18,19). The van der Waals surface area contributed by atoms with Crippen molar-refractivity contribution >= 4 is 11.7 Å². The first-order valence-corrected chi connectivity index (χ1v) is 6.06. The molecule has 1 aromatic rings. The highest BCUT2D eigenvalue weighted by Crippen LogP contribution is 2.33. The zero-order valence-corrected chi connectivity index (χ0v) is 10.1. The molecule has 0 heterocycles. The number of carboxylic acid groups (broad SMARTS) is 1. The summed E-state index contributed by atoms with van der Waals surface area (Å²) in [5, 5.41) is 11.9. The number of anilines is 1. The van der Waals surface area contributed by atoms with Crippen molar-refractivity contribution in [1.82, 2.24) is 0 Å². The average molecular weight is 273 g/mol. The highest BCUT2D eigenvalue weighted by Gasteiger charge is 2.35. The maximum absolute atomic E-state index is 12.6. The number of hydrogen-bond donors (Lipinski definition) is 2. The Morgan fingerprint density at radius 2 is 2.05 bits per heavy atom. The van der Waals surface area contributed by atoms with Crippen LogP contribution in [0.3, 0.4) is 0 Å². The van der Waals surface area contributed by atoms with Crippen LogP contribution in [0.15, 0.2) is 18.2 Å². The van der Waals surface area contributed by atoms with Crippen LogP contribution in [-0.2, 0) is 6.18 Å². The van der Waals surface area contributed by atoms with Crippen molar-refractivity contribution in [1.29, 1.82) is 0 Å². The molecule has 0 spiro atoms. The maximum Gasteiger partial charge on any atom is 0.417 e. The third kappa shape index (κ3) is 3.19. The van der Waals surface area contributed by atoms with Crippen LogP contribution in [0.25, 0.3) is 0 Å². The molecular weight excluding hydrogens is 259 g/mol. The van der Waals surface area contributed by atoms with E-state index in [0.717, 1.165) is 25.0 Å². The third-order valence-corrected chi connectivity index (χ3v) is 3.37. The van der Waals surface area contributed by atoms with E-state index >= 15 is 0 Å². The molecule has 1 aliphatic carbocycles. The van der Waals surface area contributed by atoms with Crippen LogP contribution in [0.1, 0.15) is 35.2 Å². The Kier molecular flexibility index (Phi) is 3.68. The summed E-state index contributed by atoms with van der Waals surface area (Å²) in [6, 6.07) is 3.13. The van der Waals surface area contributed by atoms with E-state index in [1.807, 2.05) is 0 Å². The Morgan fingerprint density at radius 3 is 2.53 bits per heavy atom. The van der Waals surface area contributed by atoms with Crippen LogP contribution in [0.4, 0.5) is 18.9 Å². The quantitative estimate of drug-likeness (QED) is 0.881. The first-order chi connectivity index (χ1) is 8.88. The highest BCUT2D eigenvalue weighted by atomic mass is 19.4. The van der Waals surface area contributed by atoms with E-state index < -0.39 is 23.3 Å². The van der Waals surface area contributed by atoms with Crippen molar-refractivity contribution in [2.24, 2.45) is 5.92 Å². The Bertz CT molecular complexity index is 481. The van der Waals surface area contributed by atoms with E-state index in [2.05, 4.69) is 5.32 Å². The van der Waals surface area contributed by atoms with Gasteiger partial charge in [-0.3, -0.25) is 0 Å². The zero-order valence-electron chi connectivity index (χ0n) is 10.1. The van der Waals surface area contributed by atoms with Gasteiger partial charge in [0.15, 0.2) is 0 Å². The summed E-state index contributed by atoms with van der Waals surface area (Å²) in [5.74, 6) is -1.03. The molecule has 0 aliphatic heterocycles. The fourth-order valence-electron chi connectivity index (χ4n) is 2.04. The third-order valence-electron chi connectivity index (χ3n) is 3.37. The van der Waals surface area contributed by atoms with Gasteiger partial charge in [0.05, 0.1) is 11.1 Å². The predicted molar refractivity (Wildman–Crippen MR) is 64.2 cm³/mol. The number of aromatic carboxylic acids is 1. The summed E-state index contributed by atoms with van der Waals surface area (Å²) in [4.78, 5) is 10.9. The molecule has 1 saturated carbocycles. The van der Waals surface area contributed by atoms with Gasteiger partial charge in [-0.1, -0.05) is 6.42 Å². The van der Waals surface area contributed by atoms with Gasteiger partial charge < -0.3 is 10.4 Å². The van der Waals surface area contributed by atoms with E-state index in [4.69, 9.17) is 5.11 Å². The second kappa shape index (κ2) is 5.11. The number of carbonyl (C=O) groups is 1. The second-order valence-corrected chi connectivity index (χ2v) is 4.74. The lowest BCUT2D eigenvalue weighted by Crippen LogP contribution is -2.21. The number of alkyl halides is 3. The molecule has 6 heteroatoms. The van der Waals surface area contributed by atoms with Gasteiger partial charge in [-0.25, -0.2) is 4.79 Å². The van der Waals surface area contributed by atoms with Gasteiger partial charge in [-0.15, -0.1) is 0 Å². The Balaban J connectivity index is 2.18. The summed E-state index contributed by atoms with van der Waals surface area (Å²) >= 11 is 0. The topological polar surface area (TPSA) is 49.3 Å². The normalized spacial score (nSPS) is 15.9. The minimum absolute atomic E-state index is 0.414. The predicted octanol–water partition coefficient (Wildman–Crippen LogP) is 3.62. The first-order valence-electron chi connectivity index (χ1n) is 6.06. The Hall–Kier alpha value is -1.72. The van der Waals surface area contributed by atoms with E-state index in [1.54, 1.807) is 0 Å². The van der Waals surface area contributed by atoms with Crippen LogP contribution < -0.4 is 5.32 Å². The number of hydrogen-bond acceptors (Lipinski definition) is 2. The molecule has 0 aromatic heterocycles. The molecule has 1 aliphatic rings. The molecule has 104 valence electrons. The molecule has 0 saturated heterocycles. The first kappa shape index (κ1) is 13.7. The number of rotatable bonds is 4. The monoisotopic (exact) mass is 273 g/mol. The fraction of sp³-hybridized carbons (Fsp3) is 0.462. The minimum atomic E-state index is -4.65. The number of benzene rings is 1. The molecule has 0 amide bonds. The van der Waals surface area contributed by atoms with Gasteiger partial charge in [0.1, 0.15) is 0 Å². The maximum atomic E-state index is 12.6. The summed E-state index contributed by atoms with van der Waals surface area (Å²) < 4.78 is 37.9. The number of halogens is 3. The van der Waals surface area contributed by atoms with Crippen molar-refractivity contribution < 1.29 is 23.1 Å². The van der Waals surface area contributed by atoms with Crippen molar-refractivity contribution in [3.63, 3.8) is 0 Å². The average Bonchev–Trinajstić information content (AvgIpc) is 2.25.